The van der Waals surface area contributed by atoms with E-state index in [9.17, 15) is 8.42 Å². The van der Waals surface area contributed by atoms with Crippen molar-refractivity contribution in [3.8, 4) is 0 Å². The molecule has 4 heteroatoms. The van der Waals surface area contributed by atoms with Crippen LogP contribution in [0.3, 0.4) is 0 Å². The average molecular weight is 227 g/mol. The number of nitrogens with zero attached hydrogens (tertiary/aromatic N) is 1. The van der Waals surface area contributed by atoms with Crippen molar-refractivity contribution in [2.45, 2.75) is 20.3 Å². The lowest BCUT2D eigenvalue weighted by molar-refractivity contribution is 0.593. The fraction of sp³-hybridized carbons (Fsp3) is 0.455. The van der Waals surface area contributed by atoms with Crippen LogP contribution >= 0.6 is 0 Å². The number of hydrogen-bond acceptors (Lipinski definition) is 2. The van der Waals surface area contributed by atoms with E-state index in [2.05, 4.69) is 0 Å². The molecule has 0 aromatic heterocycles. The Morgan fingerprint density at radius 3 is 2.53 bits per heavy atom. The molecule has 0 saturated carbocycles. The number of anilines is 1. The molecule has 0 aliphatic rings. The molecule has 0 aliphatic heterocycles. The Labute approximate surface area is 91.8 Å². The van der Waals surface area contributed by atoms with Gasteiger partial charge in [-0.15, -0.1) is 0 Å². The zero-order valence-corrected chi connectivity index (χ0v) is 10.2. The number of hydrogen-bond donors (Lipinski definition) is 0. The first kappa shape index (κ1) is 12.0. The monoisotopic (exact) mass is 227 g/mol. The summed E-state index contributed by atoms with van der Waals surface area (Å²) in [6.45, 7) is 3.81. The summed E-state index contributed by atoms with van der Waals surface area (Å²) in [5, 5.41) is 0. The Kier molecular flexibility index (Phi) is 3.74. The highest BCUT2D eigenvalue weighted by atomic mass is 32.2. The van der Waals surface area contributed by atoms with Crippen LogP contribution in [0.2, 0.25) is 0 Å². The topological polar surface area (TPSA) is 37.4 Å². The van der Waals surface area contributed by atoms with Crippen LogP contribution in [0.25, 0.3) is 0 Å². The molecule has 0 heterocycles. The molecule has 0 saturated heterocycles. The third kappa shape index (κ3) is 2.96. The van der Waals surface area contributed by atoms with Crippen LogP contribution in [0.15, 0.2) is 24.3 Å². The van der Waals surface area contributed by atoms with Crippen molar-refractivity contribution in [2.24, 2.45) is 0 Å². The van der Waals surface area contributed by atoms with Gasteiger partial charge >= 0.3 is 0 Å². The SMILES string of the molecule is CCCS(=O)(=O)N(C)c1cccc(C)c1. The van der Waals surface area contributed by atoms with Gasteiger partial charge in [-0.1, -0.05) is 19.1 Å². The summed E-state index contributed by atoms with van der Waals surface area (Å²) >= 11 is 0. The lowest BCUT2D eigenvalue weighted by atomic mass is 10.2. The first-order chi connectivity index (χ1) is 6.97. The minimum atomic E-state index is -3.15. The summed E-state index contributed by atoms with van der Waals surface area (Å²) in [4.78, 5) is 0. The van der Waals surface area contributed by atoms with E-state index in [1.807, 2.05) is 32.0 Å². The van der Waals surface area contributed by atoms with Gasteiger partial charge in [0.1, 0.15) is 0 Å². The van der Waals surface area contributed by atoms with Gasteiger partial charge in [0.15, 0.2) is 0 Å². The van der Waals surface area contributed by atoms with Gasteiger partial charge in [0, 0.05) is 7.05 Å². The molecule has 0 fully saturated rings. The molecule has 0 amide bonds. The van der Waals surface area contributed by atoms with Crippen LogP contribution in [-0.2, 0) is 10.0 Å². The van der Waals surface area contributed by atoms with E-state index >= 15 is 0 Å². The summed E-state index contributed by atoms with van der Waals surface area (Å²) in [6.07, 6.45) is 0.637. The molecule has 0 unspecified atom stereocenters. The number of aryl methyl sites for hydroxylation is 1. The normalized spacial score (nSPS) is 11.4. The molecule has 15 heavy (non-hydrogen) atoms. The molecule has 0 atom stereocenters. The van der Waals surface area contributed by atoms with Gasteiger partial charge in [-0.2, -0.15) is 0 Å². The van der Waals surface area contributed by atoms with E-state index in [4.69, 9.17) is 0 Å². The van der Waals surface area contributed by atoms with Crippen LogP contribution in [0.5, 0.6) is 0 Å². The molecule has 84 valence electrons. The standard InChI is InChI=1S/C11H17NO2S/c1-4-8-15(13,14)12(3)11-7-5-6-10(2)9-11/h5-7,9H,4,8H2,1-3H3. The van der Waals surface area contributed by atoms with E-state index in [1.54, 1.807) is 13.1 Å². The molecule has 0 radical (unpaired) electrons. The highest BCUT2D eigenvalue weighted by molar-refractivity contribution is 7.92. The summed E-state index contributed by atoms with van der Waals surface area (Å²) < 4.78 is 24.9. The van der Waals surface area contributed by atoms with Gasteiger partial charge < -0.3 is 0 Å². The molecular formula is C11H17NO2S. The van der Waals surface area contributed by atoms with E-state index in [1.165, 1.54) is 4.31 Å². The summed E-state index contributed by atoms with van der Waals surface area (Å²) in [5.41, 5.74) is 1.79. The van der Waals surface area contributed by atoms with Crippen LogP contribution in [0.1, 0.15) is 18.9 Å². The van der Waals surface area contributed by atoms with Gasteiger partial charge in [0.2, 0.25) is 10.0 Å². The predicted molar refractivity (Wildman–Crippen MR) is 63.7 cm³/mol. The molecular weight excluding hydrogens is 210 g/mol. The Balaban J connectivity index is 2.99. The summed E-state index contributed by atoms with van der Waals surface area (Å²) in [6, 6.07) is 7.49. The van der Waals surface area contributed by atoms with Gasteiger partial charge in [0.25, 0.3) is 0 Å². The molecule has 0 aliphatic carbocycles. The van der Waals surface area contributed by atoms with E-state index in [0.29, 0.717) is 6.42 Å². The maximum atomic E-state index is 11.8. The summed E-state index contributed by atoms with van der Waals surface area (Å²) in [7, 11) is -1.55. The van der Waals surface area contributed by atoms with Gasteiger partial charge in [0.05, 0.1) is 11.4 Å². The first-order valence-corrected chi connectivity index (χ1v) is 6.61. The minimum absolute atomic E-state index is 0.192. The molecule has 1 aromatic carbocycles. The fourth-order valence-corrected chi connectivity index (χ4v) is 2.60. The largest absolute Gasteiger partial charge is 0.273 e. The Bertz CT molecular complexity index is 426. The number of benzene rings is 1. The number of rotatable bonds is 4. The molecule has 3 nitrogen and oxygen atoms in total. The Morgan fingerprint density at radius 2 is 2.00 bits per heavy atom. The van der Waals surface area contributed by atoms with Crippen LogP contribution in [0.4, 0.5) is 5.69 Å². The predicted octanol–water partition coefficient (Wildman–Crippen LogP) is 2.17. The Hall–Kier alpha value is -1.03. The molecule has 0 spiro atoms. The smallest absolute Gasteiger partial charge is 0.234 e. The summed E-state index contributed by atoms with van der Waals surface area (Å²) in [5.74, 6) is 0.192. The maximum Gasteiger partial charge on any atom is 0.234 e. The second kappa shape index (κ2) is 4.66. The van der Waals surface area contributed by atoms with E-state index in [0.717, 1.165) is 11.3 Å². The zero-order valence-electron chi connectivity index (χ0n) is 9.40. The second-order valence-corrected chi connectivity index (χ2v) is 5.74. The van der Waals surface area contributed by atoms with Crippen molar-refractivity contribution in [1.82, 2.24) is 0 Å². The van der Waals surface area contributed by atoms with Crippen LogP contribution in [0, 0.1) is 6.92 Å². The number of sulfonamides is 1. The quantitative estimate of drug-likeness (QED) is 0.790. The van der Waals surface area contributed by atoms with Gasteiger partial charge in [-0.05, 0) is 31.0 Å². The van der Waals surface area contributed by atoms with Crippen molar-refractivity contribution in [3.63, 3.8) is 0 Å². The van der Waals surface area contributed by atoms with Gasteiger partial charge in [-0.25, -0.2) is 8.42 Å². The highest BCUT2D eigenvalue weighted by Crippen LogP contribution is 2.17. The zero-order chi connectivity index (χ0) is 11.5. The minimum Gasteiger partial charge on any atom is -0.273 e. The van der Waals surface area contributed by atoms with Crippen molar-refractivity contribution in [3.05, 3.63) is 29.8 Å². The van der Waals surface area contributed by atoms with Crippen molar-refractivity contribution in [1.29, 1.82) is 0 Å². The Morgan fingerprint density at radius 1 is 1.33 bits per heavy atom. The average Bonchev–Trinajstić information content (AvgIpc) is 2.16. The molecule has 0 N–H and O–H groups in total. The van der Waals surface area contributed by atoms with E-state index < -0.39 is 10.0 Å². The second-order valence-electron chi connectivity index (χ2n) is 3.62. The van der Waals surface area contributed by atoms with Crippen molar-refractivity contribution in [2.75, 3.05) is 17.1 Å². The fourth-order valence-electron chi connectivity index (χ4n) is 1.38. The lowest BCUT2D eigenvalue weighted by Crippen LogP contribution is -2.28. The lowest BCUT2D eigenvalue weighted by Gasteiger charge is -2.19. The van der Waals surface area contributed by atoms with Gasteiger partial charge in [-0.3, -0.25) is 4.31 Å². The van der Waals surface area contributed by atoms with Crippen molar-refractivity contribution >= 4 is 15.7 Å². The first-order valence-electron chi connectivity index (χ1n) is 5.00. The maximum absolute atomic E-state index is 11.8. The van der Waals surface area contributed by atoms with E-state index in [-0.39, 0.29) is 5.75 Å². The van der Waals surface area contributed by atoms with Crippen LogP contribution < -0.4 is 4.31 Å². The molecule has 1 aromatic rings. The highest BCUT2D eigenvalue weighted by Gasteiger charge is 2.16. The molecule has 0 bridgehead atoms. The third-order valence-electron chi connectivity index (χ3n) is 2.24. The third-order valence-corrected chi connectivity index (χ3v) is 4.21. The van der Waals surface area contributed by atoms with Crippen molar-refractivity contribution < 1.29 is 8.42 Å². The molecule has 1 rings (SSSR count). The van der Waals surface area contributed by atoms with Crippen LogP contribution in [-0.4, -0.2) is 21.2 Å².